The van der Waals surface area contributed by atoms with Gasteiger partial charge in [-0.15, -0.1) is 11.3 Å². The van der Waals surface area contributed by atoms with Gasteiger partial charge in [-0.25, -0.2) is 0 Å². The highest BCUT2D eigenvalue weighted by Gasteiger charge is 2.22. The first-order valence-corrected chi connectivity index (χ1v) is 8.24. The van der Waals surface area contributed by atoms with E-state index in [1.165, 1.54) is 37.4 Å². The van der Waals surface area contributed by atoms with Crippen LogP contribution >= 0.6 is 11.3 Å². The number of rotatable bonds is 3. The average molecular weight is 291 g/mol. The van der Waals surface area contributed by atoms with Crippen molar-refractivity contribution < 1.29 is 0 Å². The standard InChI is InChI=1S/C16H25N3S/c1-3-14-12-18(2)10-5-11-19(14)13-16-8-7-15(20-16)6-4-9-17/h7-8,14H,3,5,9-13,17H2,1-2H3. The first-order valence-electron chi connectivity index (χ1n) is 7.43. The molecule has 0 radical (unpaired) electrons. The van der Waals surface area contributed by atoms with Crippen molar-refractivity contribution >= 4 is 11.3 Å². The maximum absolute atomic E-state index is 5.42. The number of nitrogens with two attached hydrogens (primary N) is 1. The summed E-state index contributed by atoms with van der Waals surface area (Å²) in [5.74, 6) is 6.05. The van der Waals surface area contributed by atoms with E-state index < -0.39 is 0 Å². The summed E-state index contributed by atoms with van der Waals surface area (Å²) in [5.41, 5.74) is 5.42. The predicted octanol–water partition coefficient (Wildman–Crippen LogP) is 1.97. The molecule has 0 spiro atoms. The zero-order valence-corrected chi connectivity index (χ0v) is 13.4. The minimum atomic E-state index is 0.434. The van der Waals surface area contributed by atoms with Crippen molar-refractivity contribution in [2.75, 3.05) is 33.2 Å². The smallest absolute Gasteiger partial charge is 0.0772 e. The number of nitrogens with zero attached hydrogens (tertiary/aromatic N) is 2. The highest BCUT2D eigenvalue weighted by molar-refractivity contribution is 7.12. The fourth-order valence-corrected chi connectivity index (χ4v) is 3.66. The van der Waals surface area contributed by atoms with Crippen LogP contribution in [0.15, 0.2) is 12.1 Å². The van der Waals surface area contributed by atoms with E-state index in [2.05, 4.69) is 47.7 Å². The maximum atomic E-state index is 5.42. The third-order valence-electron chi connectivity index (χ3n) is 3.83. The molecule has 1 aliphatic heterocycles. The predicted molar refractivity (Wildman–Crippen MR) is 86.9 cm³/mol. The van der Waals surface area contributed by atoms with E-state index in [1.807, 2.05) is 0 Å². The Bertz CT molecular complexity index is 472. The second-order valence-electron chi connectivity index (χ2n) is 5.42. The van der Waals surface area contributed by atoms with Crippen LogP contribution in [-0.4, -0.2) is 49.1 Å². The van der Waals surface area contributed by atoms with Crippen molar-refractivity contribution in [1.29, 1.82) is 0 Å². The summed E-state index contributed by atoms with van der Waals surface area (Å²) in [6.07, 6.45) is 2.48. The molecule has 1 aromatic heterocycles. The molecule has 1 aromatic rings. The highest BCUT2D eigenvalue weighted by atomic mass is 32.1. The minimum absolute atomic E-state index is 0.434. The van der Waals surface area contributed by atoms with Crippen molar-refractivity contribution in [2.24, 2.45) is 5.73 Å². The second kappa shape index (κ2) is 7.80. The maximum Gasteiger partial charge on any atom is 0.0772 e. The van der Waals surface area contributed by atoms with Crippen molar-refractivity contribution in [3.05, 3.63) is 21.9 Å². The lowest BCUT2D eigenvalue weighted by molar-refractivity contribution is 0.177. The van der Waals surface area contributed by atoms with E-state index in [0.29, 0.717) is 12.6 Å². The lowest BCUT2D eigenvalue weighted by Gasteiger charge is -2.29. The molecule has 0 amide bonds. The lowest BCUT2D eigenvalue weighted by atomic mass is 10.2. The highest BCUT2D eigenvalue weighted by Crippen LogP contribution is 2.21. The van der Waals surface area contributed by atoms with Crippen LogP contribution < -0.4 is 5.73 Å². The van der Waals surface area contributed by atoms with E-state index in [4.69, 9.17) is 5.73 Å². The van der Waals surface area contributed by atoms with Crippen LogP contribution in [0.25, 0.3) is 0 Å². The molecule has 2 rings (SSSR count). The van der Waals surface area contributed by atoms with E-state index in [1.54, 1.807) is 11.3 Å². The second-order valence-corrected chi connectivity index (χ2v) is 6.59. The molecular formula is C16H25N3S. The molecule has 1 unspecified atom stereocenters. The van der Waals surface area contributed by atoms with Crippen molar-refractivity contribution in [2.45, 2.75) is 32.4 Å². The SMILES string of the molecule is CCC1CN(C)CCCN1Cc1ccc(C#CCN)s1. The molecule has 1 aliphatic rings. The van der Waals surface area contributed by atoms with E-state index in [-0.39, 0.29) is 0 Å². The molecule has 1 saturated heterocycles. The largest absolute Gasteiger partial charge is 0.320 e. The molecular weight excluding hydrogens is 266 g/mol. The van der Waals surface area contributed by atoms with Gasteiger partial charge >= 0.3 is 0 Å². The third kappa shape index (κ3) is 4.32. The topological polar surface area (TPSA) is 32.5 Å². The molecule has 0 saturated carbocycles. The Morgan fingerprint density at radius 3 is 3.00 bits per heavy atom. The molecule has 3 nitrogen and oxygen atoms in total. The summed E-state index contributed by atoms with van der Waals surface area (Å²) in [6.45, 7) is 7.38. The first-order chi connectivity index (χ1) is 9.72. The van der Waals surface area contributed by atoms with Crippen LogP contribution in [0, 0.1) is 11.8 Å². The number of hydrogen-bond acceptors (Lipinski definition) is 4. The van der Waals surface area contributed by atoms with Gasteiger partial charge in [0.25, 0.3) is 0 Å². The van der Waals surface area contributed by atoms with Crippen molar-refractivity contribution in [3.63, 3.8) is 0 Å². The molecule has 0 aromatic carbocycles. The molecule has 110 valence electrons. The normalized spacial score (nSPS) is 21.2. The molecule has 0 aliphatic carbocycles. The van der Waals surface area contributed by atoms with Gasteiger partial charge in [0, 0.05) is 30.6 Å². The summed E-state index contributed by atoms with van der Waals surface area (Å²) in [7, 11) is 2.23. The van der Waals surface area contributed by atoms with Gasteiger partial charge < -0.3 is 10.6 Å². The third-order valence-corrected chi connectivity index (χ3v) is 4.81. The molecule has 0 bridgehead atoms. The molecule has 2 N–H and O–H groups in total. The zero-order valence-electron chi connectivity index (χ0n) is 12.6. The lowest BCUT2D eigenvalue weighted by Crippen LogP contribution is -2.39. The minimum Gasteiger partial charge on any atom is -0.320 e. The van der Waals surface area contributed by atoms with Gasteiger partial charge in [0.2, 0.25) is 0 Å². The Morgan fingerprint density at radius 1 is 1.40 bits per heavy atom. The summed E-state index contributed by atoms with van der Waals surface area (Å²) < 4.78 is 0. The van der Waals surface area contributed by atoms with Gasteiger partial charge in [-0.1, -0.05) is 18.8 Å². The summed E-state index contributed by atoms with van der Waals surface area (Å²) >= 11 is 1.80. The van der Waals surface area contributed by atoms with Crippen molar-refractivity contribution in [3.8, 4) is 11.8 Å². The quantitative estimate of drug-likeness (QED) is 0.864. The van der Waals surface area contributed by atoms with Crippen LogP contribution in [0.5, 0.6) is 0 Å². The monoisotopic (exact) mass is 291 g/mol. The van der Waals surface area contributed by atoms with Gasteiger partial charge in [0.1, 0.15) is 0 Å². The van der Waals surface area contributed by atoms with Gasteiger partial charge in [0.05, 0.1) is 11.4 Å². The fraction of sp³-hybridized carbons (Fsp3) is 0.625. The Morgan fingerprint density at radius 2 is 2.25 bits per heavy atom. The van der Waals surface area contributed by atoms with E-state index in [0.717, 1.165) is 11.4 Å². The molecule has 20 heavy (non-hydrogen) atoms. The Kier molecular flexibility index (Phi) is 6.06. The summed E-state index contributed by atoms with van der Waals surface area (Å²) in [5, 5.41) is 0. The van der Waals surface area contributed by atoms with Gasteiger partial charge in [0.15, 0.2) is 0 Å². The van der Waals surface area contributed by atoms with Crippen LogP contribution in [0.4, 0.5) is 0 Å². The number of likely N-dealkylation sites (N-methyl/N-ethyl adjacent to an activating group) is 1. The number of thiophene rings is 1. The molecule has 4 heteroatoms. The van der Waals surface area contributed by atoms with Gasteiger partial charge in [-0.3, -0.25) is 4.90 Å². The molecule has 1 fully saturated rings. The van der Waals surface area contributed by atoms with Crippen LogP contribution in [0.3, 0.4) is 0 Å². The van der Waals surface area contributed by atoms with E-state index in [9.17, 15) is 0 Å². The Labute approximate surface area is 126 Å². The fourth-order valence-electron chi connectivity index (χ4n) is 2.76. The Balaban J connectivity index is 2.01. The van der Waals surface area contributed by atoms with Crippen LogP contribution in [0.2, 0.25) is 0 Å². The van der Waals surface area contributed by atoms with Gasteiger partial charge in [-0.05, 0) is 38.6 Å². The summed E-state index contributed by atoms with van der Waals surface area (Å²) in [6, 6.07) is 5.00. The van der Waals surface area contributed by atoms with E-state index >= 15 is 0 Å². The zero-order chi connectivity index (χ0) is 14.4. The van der Waals surface area contributed by atoms with Gasteiger partial charge in [-0.2, -0.15) is 0 Å². The summed E-state index contributed by atoms with van der Waals surface area (Å²) in [4.78, 5) is 7.63. The number of hydrogen-bond donors (Lipinski definition) is 1. The Hall–Kier alpha value is -0.860. The molecule has 2 heterocycles. The average Bonchev–Trinajstić information content (AvgIpc) is 2.81. The van der Waals surface area contributed by atoms with Crippen LogP contribution in [-0.2, 0) is 6.54 Å². The first kappa shape index (κ1) is 15.5. The van der Waals surface area contributed by atoms with Crippen molar-refractivity contribution in [1.82, 2.24) is 9.80 Å². The van der Waals surface area contributed by atoms with Crippen LogP contribution in [0.1, 0.15) is 29.5 Å². The molecule has 1 atom stereocenters.